The minimum absolute atomic E-state index is 0.112. The number of thiazole rings is 1. The molecule has 8 nitrogen and oxygen atoms in total. The van der Waals surface area contributed by atoms with Crippen LogP contribution in [0.15, 0.2) is 34.2 Å². The molecular weight excluding hydrogens is 660 g/mol. The molecule has 242 valence electrons. The molecule has 1 N–H and O–H groups in total. The van der Waals surface area contributed by atoms with E-state index in [0.717, 1.165) is 6.92 Å². The molecule has 2 aromatic rings. The molecule has 1 aromatic carbocycles. The summed E-state index contributed by atoms with van der Waals surface area (Å²) in [6, 6.07) is 4.96. The van der Waals surface area contributed by atoms with E-state index in [1.165, 1.54) is 28.4 Å². The molecule has 0 aliphatic carbocycles. The van der Waals surface area contributed by atoms with E-state index in [1.807, 2.05) is 0 Å². The molecule has 0 fully saturated rings. The van der Waals surface area contributed by atoms with Crippen LogP contribution in [-0.4, -0.2) is 49.3 Å². The van der Waals surface area contributed by atoms with Gasteiger partial charge in [-0.3, -0.25) is 4.90 Å². The smallest absolute Gasteiger partial charge is 0.416 e. The first-order valence-corrected chi connectivity index (χ1v) is 18.6. The molecule has 0 unspecified atom stereocenters. The normalized spacial score (nSPS) is 14.6. The summed E-state index contributed by atoms with van der Waals surface area (Å²) in [4.78, 5) is 32.5. The molecule has 0 spiro atoms. The second-order valence-corrected chi connectivity index (χ2v) is 21.2. The molecule has 1 aromatic heterocycles. The lowest BCUT2D eigenvalue weighted by Gasteiger charge is -2.42. The molecule has 0 aliphatic heterocycles. The first-order valence-electron chi connectivity index (χ1n) is 14.1. The van der Waals surface area contributed by atoms with Crippen molar-refractivity contribution < 1.29 is 32.3 Å². The molecule has 2 atom stereocenters. The summed E-state index contributed by atoms with van der Waals surface area (Å²) in [6.07, 6.45) is -0.665. The molecule has 1 heterocycles. The number of ether oxygens (including phenoxy) is 2. The molecule has 0 saturated carbocycles. The van der Waals surface area contributed by atoms with E-state index < -0.39 is 49.8 Å². The molecule has 0 radical (unpaired) electrons. The van der Waals surface area contributed by atoms with Crippen molar-refractivity contribution in [3.05, 3.63) is 45.4 Å². The van der Waals surface area contributed by atoms with Crippen molar-refractivity contribution in [3.8, 4) is 0 Å². The van der Waals surface area contributed by atoms with Gasteiger partial charge >= 0.3 is 12.2 Å². The Kier molecular flexibility index (Phi) is 11.6. The average Bonchev–Trinajstić information content (AvgIpc) is 3.22. The van der Waals surface area contributed by atoms with Gasteiger partial charge in [-0.2, -0.15) is 0 Å². The largest absolute Gasteiger partial charge is 0.444 e. The number of carbonyl (C=O) groups excluding carboxylic acids is 2. The van der Waals surface area contributed by atoms with E-state index >= 15 is 0 Å². The fourth-order valence-electron chi connectivity index (χ4n) is 3.63. The Labute approximate surface area is 268 Å². The van der Waals surface area contributed by atoms with Gasteiger partial charge in [-0.1, -0.05) is 56.4 Å². The summed E-state index contributed by atoms with van der Waals surface area (Å²) >= 11 is 4.63. The summed E-state index contributed by atoms with van der Waals surface area (Å²) in [5.41, 5.74) is -1.20. The number of anilines is 1. The van der Waals surface area contributed by atoms with E-state index in [4.69, 9.17) is 13.9 Å². The van der Waals surface area contributed by atoms with Crippen molar-refractivity contribution in [1.82, 2.24) is 10.3 Å². The Balaban J connectivity index is 2.73. The van der Waals surface area contributed by atoms with Crippen molar-refractivity contribution in [1.29, 1.82) is 0 Å². The van der Waals surface area contributed by atoms with E-state index in [-0.39, 0.29) is 17.1 Å². The number of amides is 2. The number of hydrogen-bond donors (Lipinski definition) is 1. The zero-order chi connectivity index (χ0) is 33.2. The molecule has 13 heteroatoms. The highest BCUT2D eigenvalue weighted by molar-refractivity contribution is 9.11. The highest BCUT2D eigenvalue weighted by atomic mass is 79.9. The van der Waals surface area contributed by atoms with Crippen LogP contribution in [0.4, 0.5) is 23.5 Å². The van der Waals surface area contributed by atoms with Gasteiger partial charge in [0, 0.05) is 12.5 Å². The molecule has 43 heavy (non-hydrogen) atoms. The van der Waals surface area contributed by atoms with Gasteiger partial charge in [-0.15, -0.1) is 0 Å². The molecule has 2 rings (SSSR count). The lowest BCUT2D eigenvalue weighted by molar-refractivity contribution is 0.0173. The number of alkyl carbamates (subject to hydrolysis) is 1. The predicted octanol–water partition coefficient (Wildman–Crippen LogP) is 9.42. The van der Waals surface area contributed by atoms with Gasteiger partial charge in [-0.25, -0.2) is 23.4 Å². The molecular formula is C30H46BrF2N3O5SSi. The number of rotatable bonds is 9. The number of hydrogen-bond acceptors (Lipinski definition) is 7. The Morgan fingerprint density at radius 2 is 1.51 bits per heavy atom. The van der Waals surface area contributed by atoms with Gasteiger partial charge in [0.1, 0.15) is 11.2 Å². The third kappa shape index (κ3) is 11.4. The van der Waals surface area contributed by atoms with Crippen molar-refractivity contribution >= 4 is 52.9 Å². The first-order chi connectivity index (χ1) is 19.3. The van der Waals surface area contributed by atoms with Crippen LogP contribution in [-0.2, 0) is 19.8 Å². The number of aromatic nitrogens is 1. The standard InChI is InChI=1S/C30H46BrF2N3O5SSi/c1-27(2,3)39-25(37)35-21(18-36(24-34-17-22(31)42-24)26(38)40-28(4,5)6)23(41-43(11,12)29(7,8)9)19-13-15-20(16-14-19)30(10,32)33/h13-17,21,23H,18H2,1-12H3,(H,35,37)/t21-,23+/m1/s1. The van der Waals surface area contributed by atoms with Gasteiger partial charge in [0.05, 0.1) is 28.7 Å². The summed E-state index contributed by atoms with van der Waals surface area (Å²) < 4.78 is 47.2. The Hall–Kier alpha value is -2.09. The highest BCUT2D eigenvalue weighted by Gasteiger charge is 2.43. The van der Waals surface area contributed by atoms with Crippen LogP contribution in [0.5, 0.6) is 0 Å². The zero-order valence-corrected chi connectivity index (χ0v) is 30.6. The first kappa shape index (κ1) is 37.1. The Bertz CT molecular complexity index is 1250. The summed E-state index contributed by atoms with van der Waals surface area (Å²) in [6.45, 7) is 21.6. The number of nitrogens with one attached hydrogen (secondary N) is 1. The Morgan fingerprint density at radius 3 is 1.93 bits per heavy atom. The summed E-state index contributed by atoms with van der Waals surface area (Å²) in [7, 11) is -2.55. The number of carbonyl (C=O) groups is 2. The summed E-state index contributed by atoms with van der Waals surface area (Å²) in [5, 5.41) is 3.02. The van der Waals surface area contributed by atoms with Crippen LogP contribution in [0.2, 0.25) is 18.1 Å². The third-order valence-corrected chi connectivity index (χ3v) is 12.7. The van der Waals surface area contributed by atoms with Crippen molar-refractivity contribution in [2.24, 2.45) is 0 Å². The van der Waals surface area contributed by atoms with Crippen LogP contribution in [0.1, 0.15) is 86.5 Å². The third-order valence-electron chi connectivity index (χ3n) is 6.73. The maximum Gasteiger partial charge on any atom is 0.416 e. The van der Waals surface area contributed by atoms with Crippen molar-refractivity contribution in [2.75, 3.05) is 11.4 Å². The van der Waals surface area contributed by atoms with E-state index in [0.29, 0.717) is 14.5 Å². The maximum atomic E-state index is 14.1. The second kappa shape index (κ2) is 13.5. The van der Waals surface area contributed by atoms with Gasteiger partial charge in [0.15, 0.2) is 13.4 Å². The zero-order valence-electron chi connectivity index (χ0n) is 27.2. The van der Waals surface area contributed by atoms with Crippen LogP contribution in [0, 0.1) is 0 Å². The average molecular weight is 707 g/mol. The second-order valence-electron chi connectivity index (χ2n) is 14.1. The number of alkyl halides is 2. The van der Waals surface area contributed by atoms with Crippen molar-refractivity contribution in [2.45, 2.75) is 117 Å². The van der Waals surface area contributed by atoms with Gasteiger partial charge < -0.3 is 19.2 Å². The monoisotopic (exact) mass is 705 g/mol. The van der Waals surface area contributed by atoms with Gasteiger partial charge in [0.25, 0.3) is 5.92 Å². The predicted molar refractivity (Wildman–Crippen MR) is 174 cm³/mol. The molecule has 0 bridgehead atoms. The minimum atomic E-state index is -3.03. The van der Waals surface area contributed by atoms with Crippen LogP contribution >= 0.6 is 27.3 Å². The Morgan fingerprint density at radius 1 is 0.977 bits per heavy atom. The molecule has 0 saturated heterocycles. The van der Waals surface area contributed by atoms with E-state index in [1.54, 1.807) is 59.9 Å². The van der Waals surface area contributed by atoms with Crippen LogP contribution < -0.4 is 10.2 Å². The quantitative estimate of drug-likeness (QED) is 0.262. The lowest BCUT2D eigenvalue weighted by atomic mass is 9.99. The van der Waals surface area contributed by atoms with Crippen LogP contribution in [0.25, 0.3) is 0 Å². The van der Waals surface area contributed by atoms with Crippen LogP contribution in [0.3, 0.4) is 0 Å². The minimum Gasteiger partial charge on any atom is -0.444 e. The topological polar surface area (TPSA) is 90.0 Å². The fraction of sp³-hybridized carbons (Fsp3) is 0.633. The van der Waals surface area contributed by atoms with E-state index in [9.17, 15) is 18.4 Å². The number of benzene rings is 1. The van der Waals surface area contributed by atoms with Crippen molar-refractivity contribution in [3.63, 3.8) is 0 Å². The molecule has 2 amide bonds. The lowest BCUT2D eigenvalue weighted by Crippen LogP contribution is -2.54. The molecule has 0 aliphatic rings. The van der Waals surface area contributed by atoms with Gasteiger partial charge in [-0.05, 0) is 81.2 Å². The van der Waals surface area contributed by atoms with E-state index in [2.05, 4.69) is 60.1 Å². The number of nitrogens with zero attached hydrogens (tertiary/aromatic N) is 2. The number of halogens is 3. The SMILES string of the molecule is CC(C)(C)OC(=O)N[C@H](CN(C(=O)OC(C)(C)C)c1ncc(Br)s1)[C@@H](O[Si](C)(C)C(C)(C)C)c1ccc(C(C)(F)F)cc1. The highest BCUT2D eigenvalue weighted by Crippen LogP contribution is 2.41. The fourth-order valence-corrected chi connectivity index (χ4v) is 6.10. The summed E-state index contributed by atoms with van der Waals surface area (Å²) in [5.74, 6) is -3.03. The maximum absolute atomic E-state index is 14.1. The van der Waals surface area contributed by atoms with Gasteiger partial charge in [0.2, 0.25) is 0 Å².